The number of benzene rings is 1. The summed E-state index contributed by atoms with van der Waals surface area (Å²) in [5.41, 5.74) is 1.03. The second kappa shape index (κ2) is 5.26. The molecule has 0 radical (unpaired) electrons. The van der Waals surface area contributed by atoms with Gasteiger partial charge in [0.05, 0.1) is 17.6 Å². The van der Waals surface area contributed by atoms with Gasteiger partial charge in [-0.1, -0.05) is 26.0 Å². The highest BCUT2D eigenvalue weighted by atomic mass is 19.3. The van der Waals surface area contributed by atoms with E-state index < -0.39 is 11.9 Å². The number of hydrogen-bond donors (Lipinski definition) is 0. The van der Waals surface area contributed by atoms with Crippen LogP contribution in [0.2, 0.25) is 0 Å². The van der Waals surface area contributed by atoms with Crippen LogP contribution in [0, 0.1) is 17.2 Å². The van der Waals surface area contributed by atoms with Crippen LogP contribution in [0.15, 0.2) is 24.3 Å². The molecule has 0 spiro atoms. The first-order chi connectivity index (χ1) is 7.60. The summed E-state index contributed by atoms with van der Waals surface area (Å²) in [5, 5.41) is 8.74. The topological polar surface area (TPSA) is 50.1 Å². The predicted octanol–water partition coefficient (Wildman–Crippen LogP) is 2.73. The Labute approximate surface area is 93.4 Å². The molecule has 1 aromatic carbocycles. The SMILES string of the molecule is CC(C)C(C(=O)OF)c1cccc(C#N)c1. The molecule has 0 saturated heterocycles. The van der Waals surface area contributed by atoms with Gasteiger partial charge in [0.2, 0.25) is 0 Å². The lowest BCUT2D eigenvalue weighted by Crippen LogP contribution is -2.18. The van der Waals surface area contributed by atoms with Crippen molar-refractivity contribution in [2.24, 2.45) is 5.92 Å². The van der Waals surface area contributed by atoms with Crippen LogP contribution in [0.5, 0.6) is 0 Å². The maximum atomic E-state index is 12.0. The van der Waals surface area contributed by atoms with E-state index in [-0.39, 0.29) is 5.92 Å². The van der Waals surface area contributed by atoms with E-state index in [4.69, 9.17) is 5.26 Å². The molecule has 1 unspecified atom stereocenters. The van der Waals surface area contributed by atoms with Crippen molar-refractivity contribution in [3.63, 3.8) is 0 Å². The molecule has 0 aliphatic rings. The van der Waals surface area contributed by atoms with E-state index in [2.05, 4.69) is 4.94 Å². The van der Waals surface area contributed by atoms with E-state index in [1.54, 1.807) is 38.1 Å². The molecule has 1 atom stereocenters. The van der Waals surface area contributed by atoms with Crippen LogP contribution in [-0.4, -0.2) is 5.97 Å². The third kappa shape index (κ3) is 2.57. The smallest absolute Gasteiger partial charge is 0.254 e. The first kappa shape index (κ1) is 12.2. The van der Waals surface area contributed by atoms with E-state index in [0.717, 1.165) is 0 Å². The number of rotatable bonds is 3. The summed E-state index contributed by atoms with van der Waals surface area (Å²) < 4.78 is 12.0. The minimum absolute atomic E-state index is 0.0998. The molecule has 3 nitrogen and oxygen atoms in total. The summed E-state index contributed by atoms with van der Waals surface area (Å²) in [6.45, 7) is 3.58. The van der Waals surface area contributed by atoms with Gasteiger partial charge in [-0.15, -0.1) is 0 Å². The van der Waals surface area contributed by atoms with Crippen molar-refractivity contribution in [3.8, 4) is 6.07 Å². The standard InChI is InChI=1S/C12H12FNO2/c1-8(2)11(12(15)16-13)10-5-3-4-9(6-10)7-14/h3-6,8,11H,1-2H3. The molecule has 0 aliphatic carbocycles. The van der Waals surface area contributed by atoms with E-state index in [1.165, 1.54) is 0 Å². The van der Waals surface area contributed by atoms with Gasteiger partial charge in [0.15, 0.2) is 0 Å². The third-order valence-corrected chi connectivity index (χ3v) is 2.37. The highest BCUT2D eigenvalue weighted by molar-refractivity contribution is 5.78. The molecule has 0 fully saturated rings. The van der Waals surface area contributed by atoms with Gasteiger partial charge in [-0.3, -0.25) is 4.94 Å². The highest BCUT2D eigenvalue weighted by Gasteiger charge is 2.26. The number of nitrogens with zero attached hydrogens (tertiary/aromatic N) is 1. The lowest BCUT2D eigenvalue weighted by Gasteiger charge is -2.16. The Kier molecular flexibility index (Phi) is 4.01. The van der Waals surface area contributed by atoms with Crippen LogP contribution in [0.25, 0.3) is 0 Å². The summed E-state index contributed by atoms with van der Waals surface area (Å²) >= 11 is 0. The Hall–Kier alpha value is -1.89. The van der Waals surface area contributed by atoms with E-state index in [0.29, 0.717) is 11.1 Å². The first-order valence-corrected chi connectivity index (χ1v) is 4.92. The van der Waals surface area contributed by atoms with Crippen molar-refractivity contribution >= 4 is 5.97 Å². The number of hydrogen-bond acceptors (Lipinski definition) is 3. The molecular weight excluding hydrogens is 209 g/mol. The molecule has 1 aromatic rings. The maximum Gasteiger partial charge on any atom is 0.356 e. The first-order valence-electron chi connectivity index (χ1n) is 4.92. The van der Waals surface area contributed by atoms with Crippen LogP contribution in [0.1, 0.15) is 30.9 Å². The van der Waals surface area contributed by atoms with Crippen LogP contribution in [-0.2, 0) is 9.74 Å². The van der Waals surface area contributed by atoms with Crippen molar-refractivity contribution < 1.29 is 14.3 Å². The fraction of sp³-hybridized carbons (Fsp3) is 0.333. The Morgan fingerprint density at radius 1 is 1.50 bits per heavy atom. The molecular formula is C12H12FNO2. The lowest BCUT2D eigenvalue weighted by atomic mass is 9.88. The van der Waals surface area contributed by atoms with Gasteiger partial charge < -0.3 is 0 Å². The molecule has 0 aliphatic heterocycles. The zero-order valence-electron chi connectivity index (χ0n) is 9.11. The second-order valence-corrected chi connectivity index (χ2v) is 3.86. The van der Waals surface area contributed by atoms with Crippen LogP contribution in [0.4, 0.5) is 4.53 Å². The molecule has 0 bridgehead atoms. The van der Waals surface area contributed by atoms with Crippen LogP contribution >= 0.6 is 0 Å². The third-order valence-electron chi connectivity index (χ3n) is 2.37. The molecule has 0 N–H and O–H groups in total. The van der Waals surface area contributed by atoms with Gasteiger partial charge in [-0.25, -0.2) is 4.79 Å². The normalized spacial score (nSPS) is 11.9. The van der Waals surface area contributed by atoms with Crippen LogP contribution in [0.3, 0.4) is 0 Å². The Morgan fingerprint density at radius 2 is 2.19 bits per heavy atom. The molecule has 0 amide bonds. The fourth-order valence-corrected chi connectivity index (χ4v) is 1.64. The highest BCUT2D eigenvalue weighted by Crippen LogP contribution is 2.26. The number of carbonyl (C=O) groups excluding carboxylic acids is 1. The van der Waals surface area contributed by atoms with Crippen LogP contribution < -0.4 is 0 Å². The van der Waals surface area contributed by atoms with Gasteiger partial charge >= 0.3 is 5.97 Å². The van der Waals surface area contributed by atoms with Gasteiger partial charge in [-0.2, -0.15) is 5.26 Å². The zero-order valence-corrected chi connectivity index (χ0v) is 9.11. The molecule has 0 heterocycles. The molecule has 1 rings (SSSR count). The average molecular weight is 221 g/mol. The Balaban J connectivity index is 3.11. The van der Waals surface area contributed by atoms with Crippen molar-refractivity contribution in [3.05, 3.63) is 35.4 Å². The van der Waals surface area contributed by atoms with Gasteiger partial charge in [0, 0.05) is 4.53 Å². The molecule has 0 aromatic heterocycles. The molecule has 0 saturated carbocycles. The quantitative estimate of drug-likeness (QED) is 0.788. The zero-order chi connectivity index (χ0) is 12.1. The van der Waals surface area contributed by atoms with Crippen molar-refractivity contribution in [1.82, 2.24) is 0 Å². The number of halogens is 1. The summed E-state index contributed by atoms with van der Waals surface area (Å²) in [7, 11) is 0. The largest absolute Gasteiger partial charge is 0.356 e. The summed E-state index contributed by atoms with van der Waals surface area (Å²) in [5.74, 6) is -1.71. The van der Waals surface area contributed by atoms with Gasteiger partial charge in [0.25, 0.3) is 0 Å². The maximum absolute atomic E-state index is 12.0. The van der Waals surface area contributed by atoms with Crippen molar-refractivity contribution in [2.75, 3.05) is 0 Å². The minimum atomic E-state index is -0.926. The van der Waals surface area contributed by atoms with E-state index in [1.807, 2.05) is 6.07 Å². The summed E-state index contributed by atoms with van der Waals surface area (Å²) in [6, 6.07) is 8.51. The average Bonchev–Trinajstić information content (AvgIpc) is 2.29. The van der Waals surface area contributed by atoms with E-state index in [9.17, 15) is 9.32 Å². The minimum Gasteiger partial charge on any atom is -0.254 e. The predicted molar refractivity (Wildman–Crippen MR) is 55.9 cm³/mol. The van der Waals surface area contributed by atoms with Gasteiger partial charge in [0.1, 0.15) is 0 Å². The summed E-state index contributed by atoms with van der Waals surface area (Å²) in [6.07, 6.45) is 0. The Bertz CT molecular complexity index is 423. The fourth-order valence-electron chi connectivity index (χ4n) is 1.64. The van der Waals surface area contributed by atoms with E-state index >= 15 is 0 Å². The lowest BCUT2D eigenvalue weighted by molar-refractivity contribution is -0.186. The Morgan fingerprint density at radius 3 is 2.69 bits per heavy atom. The molecule has 16 heavy (non-hydrogen) atoms. The number of carbonyl (C=O) groups is 1. The summed E-state index contributed by atoms with van der Waals surface area (Å²) in [4.78, 5) is 14.6. The second-order valence-electron chi connectivity index (χ2n) is 3.86. The molecule has 84 valence electrons. The number of nitriles is 1. The molecule has 4 heteroatoms. The monoisotopic (exact) mass is 221 g/mol. The van der Waals surface area contributed by atoms with Gasteiger partial charge in [-0.05, 0) is 23.6 Å². The van der Waals surface area contributed by atoms with Crippen molar-refractivity contribution in [1.29, 1.82) is 5.26 Å². The van der Waals surface area contributed by atoms with Crippen molar-refractivity contribution in [2.45, 2.75) is 19.8 Å².